The molecule has 1 atom stereocenters. The second-order valence-corrected chi connectivity index (χ2v) is 7.55. The molecular weight excluding hydrogens is 356 g/mol. The van der Waals surface area contributed by atoms with Crippen molar-refractivity contribution in [2.45, 2.75) is 63.5 Å². The van der Waals surface area contributed by atoms with E-state index in [0.717, 1.165) is 31.2 Å². The Hall–Kier alpha value is -1.60. The molecule has 3 N–H and O–H groups in total. The lowest BCUT2D eigenvalue weighted by Gasteiger charge is -2.40. The lowest BCUT2D eigenvalue weighted by molar-refractivity contribution is -0.154. The number of hydrogen-bond donors (Lipinski definition) is 2. The van der Waals surface area contributed by atoms with E-state index in [0.29, 0.717) is 25.9 Å². The minimum atomic E-state index is -1.07. The Morgan fingerprint density at radius 1 is 1.27 bits per heavy atom. The first kappa shape index (κ1) is 20.7. The number of hydrogen-bond acceptors (Lipinski definition) is 4. The van der Waals surface area contributed by atoms with Gasteiger partial charge >= 0.3 is 5.97 Å². The number of rotatable bonds is 4. The van der Waals surface area contributed by atoms with Crippen LogP contribution in [0.5, 0.6) is 0 Å². The zero-order valence-corrected chi connectivity index (χ0v) is 16.1. The molecule has 1 aromatic heterocycles. The molecule has 1 amide bonds. The summed E-state index contributed by atoms with van der Waals surface area (Å²) in [6, 6.07) is -0.454. The van der Waals surface area contributed by atoms with E-state index in [4.69, 9.17) is 5.73 Å². The molecular formula is C18H29ClN4O3. The van der Waals surface area contributed by atoms with E-state index in [9.17, 15) is 14.7 Å². The van der Waals surface area contributed by atoms with E-state index in [1.165, 1.54) is 6.42 Å². The van der Waals surface area contributed by atoms with Gasteiger partial charge in [-0.1, -0.05) is 19.3 Å². The highest BCUT2D eigenvalue weighted by molar-refractivity contribution is 5.85. The van der Waals surface area contributed by atoms with Gasteiger partial charge in [0, 0.05) is 32.1 Å². The van der Waals surface area contributed by atoms with Gasteiger partial charge in [0.1, 0.15) is 0 Å². The highest BCUT2D eigenvalue weighted by Crippen LogP contribution is 2.32. The van der Waals surface area contributed by atoms with Crippen LogP contribution >= 0.6 is 12.4 Å². The lowest BCUT2D eigenvalue weighted by atomic mass is 9.82. The molecule has 1 saturated heterocycles. The average molecular weight is 385 g/mol. The molecule has 2 fully saturated rings. The third kappa shape index (κ3) is 3.88. The number of aliphatic carboxylic acids is 1. The van der Waals surface area contributed by atoms with Crippen LogP contribution in [0.4, 0.5) is 0 Å². The molecule has 0 radical (unpaired) electrons. The number of halogens is 1. The summed E-state index contributed by atoms with van der Waals surface area (Å²) in [6.07, 6.45) is 9.70. The summed E-state index contributed by atoms with van der Waals surface area (Å²) < 4.78 is 1.55. The molecule has 1 aromatic rings. The van der Waals surface area contributed by atoms with Crippen molar-refractivity contribution in [2.24, 2.45) is 11.7 Å². The number of carbonyl (C=O) groups is 2. The number of aryl methyl sites for hydroxylation is 1. The molecule has 1 aliphatic carbocycles. The van der Waals surface area contributed by atoms with E-state index in [1.54, 1.807) is 22.0 Å². The normalized spacial score (nSPS) is 21.7. The second-order valence-electron chi connectivity index (χ2n) is 7.55. The van der Waals surface area contributed by atoms with Crippen LogP contribution in [-0.2, 0) is 15.1 Å². The van der Waals surface area contributed by atoms with Crippen molar-refractivity contribution in [1.82, 2.24) is 14.7 Å². The molecule has 2 aliphatic rings. The minimum absolute atomic E-state index is 0. The molecule has 2 heterocycles. The molecule has 3 rings (SSSR count). The number of aromatic nitrogens is 2. The standard InChI is InChI=1S/C18H28N4O3.ClH/c1-13-11-20-22(12-13)18(17(24)25)7-9-21(10-8-18)16(23)15(19)14-5-3-2-4-6-14;/h11-12,14-15H,2-10,19H2,1H3,(H,24,25);1H/t15-;/m1./s1. The van der Waals surface area contributed by atoms with Crippen LogP contribution in [0, 0.1) is 12.8 Å². The topological polar surface area (TPSA) is 101 Å². The van der Waals surface area contributed by atoms with Gasteiger partial charge in [0.15, 0.2) is 5.54 Å². The first-order valence-electron chi connectivity index (χ1n) is 9.23. The number of carbonyl (C=O) groups excluding carboxylic acids is 1. The third-order valence-electron chi connectivity index (χ3n) is 5.89. The van der Waals surface area contributed by atoms with Crippen LogP contribution in [0.1, 0.15) is 50.5 Å². The Kier molecular flexibility index (Phi) is 6.69. The molecule has 1 aliphatic heterocycles. The van der Waals surface area contributed by atoms with Crippen LogP contribution < -0.4 is 5.73 Å². The van der Waals surface area contributed by atoms with Gasteiger partial charge in [-0.3, -0.25) is 9.48 Å². The molecule has 8 heteroatoms. The maximum atomic E-state index is 12.7. The van der Waals surface area contributed by atoms with Gasteiger partial charge in [0.05, 0.1) is 12.2 Å². The largest absolute Gasteiger partial charge is 0.479 e. The number of carboxylic acid groups (broad SMARTS) is 1. The zero-order valence-electron chi connectivity index (χ0n) is 15.3. The molecule has 0 unspecified atom stereocenters. The van der Waals surface area contributed by atoms with Crippen molar-refractivity contribution in [2.75, 3.05) is 13.1 Å². The predicted molar refractivity (Wildman–Crippen MR) is 100 cm³/mol. The van der Waals surface area contributed by atoms with Crippen molar-refractivity contribution >= 4 is 24.3 Å². The quantitative estimate of drug-likeness (QED) is 0.825. The van der Waals surface area contributed by atoms with E-state index in [1.807, 2.05) is 6.92 Å². The first-order chi connectivity index (χ1) is 11.9. The van der Waals surface area contributed by atoms with Gasteiger partial charge in [-0.25, -0.2) is 4.79 Å². The van der Waals surface area contributed by atoms with Crippen molar-refractivity contribution in [3.63, 3.8) is 0 Å². The Morgan fingerprint density at radius 2 is 1.88 bits per heavy atom. The maximum Gasteiger partial charge on any atom is 0.331 e. The molecule has 7 nitrogen and oxygen atoms in total. The van der Waals surface area contributed by atoms with Gasteiger partial charge < -0.3 is 15.7 Å². The number of amides is 1. The number of carboxylic acids is 1. The lowest BCUT2D eigenvalue weighted by Crippen LogP contribution is -2.56. The van der Waals surface area contributed by atoms with Gasteiger partial charge in [-0.15, -0.1) is 12.4 Å². The van der Waals surface area contributed by atoms with Crippen LogP contribution in [0.15, 0.2) is 12.4 Å². The highest BCUT2D eigenvalue weighted by Gasteiger charge is 2.45. The van der Waals surface area contributed by atoms with Crippen molar-refractivity contribution in [3.05, 3.63) is 18.0 Å². The first-order valence-corrected chi connectivity index (χ1v) is 9.23. The number of likely N-dealkylation sites (tertiary alicyclic amines) is 1. The second kappa shape index (κ2) is 8.39. The van der Waals surface area contributed by atoms with Crippen molar-refractivity contribution < 1.29 is 14.7 Å². The van der Waals surface area contributed by atoms with Crippen molar-refractivity contribution in [3.8, 4) is 0 Å². The summed E-state index contributed by atoms with van der Waals surface area (Å²) in [5.41, 5.74) is 6.10. The fourth-order valence-electron chi connectivity index (χ4n) is 4.19. The summed E-state index contributed by atoms with van der Waals surface area (Å²) in [7, 11) is 0. The fourth-order valence-corrected chi connectivity index (χ4v) is 4.19. The average Bonchev–Trinajstić information content (AvgIpc) is 3.08. The van der Waals surface area contributed by atoms with E-state index >= 15 is 0 Å². The van der Waals surface area contributed by atoms with E-state index in [-0.39, 0.29) is 24.2 Å². The Labute approximate surface area is 160 Å². The highest BCUT2D eigenvalue weighted by atomic mass is 35.5. The smallest absolute Gasteiger partial charge is 0.331 e. The van der Waals surface area contributed by atoms with Crippen LogP contribution in [0.25, 0.3) is 0 Å². The van der Waals surface area contributed by atoms with Gasteiger partial charge in [-0.2, -0.15) is 5.10 Å². The summed E-state index contributed by atoms with van der Waals surface area (Å²) in [6.45, 7) is 2.70. The van der Waals surface area contributed by atoms with E-state index < -0.39 is 17.6 Å². The fraction of sp³-hybridized carbons (Fsp3) is 0.722. The summed E-state index contributed by atoms with van der Waals surface area (Å²) >= 11 is 0. The van der Waals surface area contributed by atoms with Gasteiger partial charge in [-0.05, 0) is 31.2 Å². The van der Waals surface area contributed by atoms with E-state index in [2.05, 4.69) is 5.10 Å². The van der Waals surface area contributed by atoms with Gasteiger partial charge in [0.2, 0.25) is 5.91 Å². The molecule has 0 spiro atoms. The zero-order chi connectivity index (χ0) is 18.0. The van der Waals surface area contributed by atoms with Crippen LogP contribution in [0.2, 0.25) is 0 Å². The number of nitrogens with zero attached hydrogens (tertiary/aromatic N) is 3. The Bertz CT molecular complexity index is 634. The van der Waals surface area contributed by atoms with Crippen molar-refractivity contribution in [1.29, 1.82) is 0 Å². The number of nitrogens with two attached hydrogens (primary N) is 1. The minimum Gasteiger partial charge on any atom is -0.479 e. The molecule has 0 bridgehead atoms. The predicted octanol–water partition coefficient (Wildman–Crippen LogP) is 1.92. The molecule has 0 aromatic carbocycles. The summed E-state index contributed by atoms with van der Waals surface area (Å²) in [4.78, 5) is 26.5. The SMILES string of the molecule is Cc1cnn(C2(C(=O)O)CCN(C(=O)[C@H](N)C3CCCCC3)CC2)c1.Cl. The Morgan fingerprint density at radius 3 is 2.38 bits per heavy atom. The van der Waals surface area contributed by atoms with Crippen LogP contribution in [-0.4, -0.2) is 50.8 Å². The van der Waals surface area contributed by atoms with Crippen LogP contribution in [0.3, 0.4) is 0 Å². The monoisotopic (exact) mass is 384 g/mol. The summed E-state index contributed by atoms with van der Waals surface area (Å²) in [5, 5.41) is 14.0. The summed E-state index contributed by atoms with van der Waals surface area (Å²) in [5.74, 6) is -0.650. The van der Waals surface area contributed by atoms with Gasteiger partial charge in [0.25, 0.3) is 0 Å². The number of piperidine rings is 1. The molecule has 26 heavy (non-hydrogen) atoms. The Balaban J connectivity index is 0.00000243. The maximum absolute atomic E-state index is 12.7. The third-order valence-corrected chi connectivity index (χ3v) is 5.89. The molecule has 146 valence electrons. The molecule has 1 saturated carbocycles.